The molecule has 0 aliphatic heterocycles. The number of sulfonamides is 1. The zero-order valence-electron chi connectivity index (χ0n) is 11.2. The van der Waals surface area contributed by atoms with Crippen molar-refractivity contribution in [2.24, 2.45) is 0 Å². The Morgan fingerprint density at radius 3 is 2.50 bits per heavy atom. The average molecular weight is 304 g/mol. The Hall–Kier alpha value is -1.51. The Kier molecular flexibility index (Phi) is 6.05. The van der Waals surface area contributed by atoms with E-state index in [0.717, 1.165) is 24.3 Å². The van der Waals surface area contributed by atoms with Gasteiger partial charge in [0.25, 0.3) is 0 Å². The van der Waals surface area contributed by atoms with Crippen LogP contribution in [0.3, 0.4) is 0 Å². The van der Waals surface area contributed by atoms with Crippen molar-refractivity contribution < 1.29 is 22.3 Å². The van der Waals surface area contributed by atoms with E-state index in [1.165, 1.54) is 14.0 Å². The van der Waals surface area contributed by atoms with Gasteiger partial charge in [0.1, 0.15) is 5.82 Å². The maximum Gasteiger partial charge on any atom is 0.241 e. The average Bonchev–Trinajstić information content (AvgIpc) is 2.38. The summed E-state index contributed by atoms with van der Waals surface area (Å²) >= 11 is 0. The largest absolute Gasteiger partial charge is 0.383 e. The first-order chi connectivity index (χ1) is 9.36. The molecule has 0 saturated heterocycles. The van der Waals surface area contributed by atoms with E-state index in [1.807, 2.05) is 0 Å². The molecule has 112 valence electrons. The highest BCUT2D eigenvalue weighted by atomic mass is 32.2. The van der Waals surface area contributed by atoms with Gasteiger partial charge in [0.05, 0.1) is 17.5 Å². The molecule has 20 heavy (non-hydrogen) atoms. The maximum absolute atomic E-state index is 12.7. The molecular formula is C12H17FN2O4S. The number of rotatable bonds is 7. The van der Waals surface area contributed by atoms with Crippen molar-refractivity contribution in [2.45, 2.75) is 17.9 Å². The van der Waals surface area contributed by atoms with Gasteiger partial charge in [-0.05, 0) is 31.2 Å². The molecule has 0 radical (unpaired) electrons. The number of nitrogens with one attached hydrogen (secondary N) is 2. The van der Waals surface area contributed by atoms with E-state index < -0.39 is 27.8 Å². The summed E-state index contributed by atoms with van der Waals surface area (Å²) in [6.45, 7) is 2.05. The summed E-state index contributed by atoms with van der Waals surface area (Å²) in [6.07, 6.45) is 0. The summed E-state index contributed by atoms with van der Waals surface area (Å²) in [6, 6.07) is 3.40. The van der Waals surface area contributed by atoms with Crippen molar-refractivity contribution in [1.29, 1.82) is 0 Å². The van der Waals surface area contributed by atoms with Crippen molar-refractivity contribution in [3.8, 4) is 0 Å². The highest BCUT2D eigenvalue weighted by molar-refractivity contribution is 7.89. The molecule has 1 atom stereocenters. The lowest BCUT2D eigenvalue weighted by atomic mass is 10.3. The Labute approximate surface area is 117 Å². The van der Waals surface area contributed by atoms with Gasteiger partial charge in [-0.1, -0.05) is 0 Å². The summed E-state index contributed by atoms with van der Waals surface area (Å²) in [5, 5.41) is 2.52. The molecule has 0 aliphatic rings. The molecule has 0 heterocycles. The van der Waals surface area contributed by atoms with Gasteiger partial charge in [0.15, 0.2) is 0 Å². The molecule has 0 aromatic heterocycles. The van der Waals surface area contributed by atoms with Crippen molar-refractivity contribution >= 4 is 15.9 Å². The quantitative estimate of drug-likeness (QED) is 0.708. The van der Waals surface area contributed by atoms with Crippen LogP contribution in [0.4, 0.5) is 4.39 Å². The Morgan fingerprint density at radius 1 is 1.35 bits per heavy atom. The number of carbonyl (C=O) groups is 1. The molecule has 0 aliphatic carbocycles. The van der Waals surface area contributed by atoms with E-state index in [9.17, 15) is 17.6 Å². The van der Waals surface area contributed by atoms with Crippen LogP contribution >= 0.6 is 0 Å². The third kappa shape index (κ3) is 4.87. The van der Waals surface area contributed by atoms with Crippen LogP contribution in [0.2, 0.25) is 0 Å². The SMILES string of the molecule is COCCNC(=O)C(C)NS(=O)(=O)c1ccc(F)cc1. The second-order valence-corrected chi connectivity index (χ2v) is 5.79. The molecule has 0 spiro atoms. The highest BCUT2D eigenvalue weighted by Crippen LogP contribution is 2.10. The molecule has 6 nitrogen and oxygen atoms in total. The fraction of sp³-hybridized carbons (Fsp3) is 0.417. The van der Waals surface area contributed by atoms with Gasteiger partial charge in [0, 0.05) is 13.7 Å². The summed E-state index contributed by atoms with van der Waals surface area (Å²) in [5.41, 5.74) is 0. The monoisotopic (exact) mass is 304 g/mol. The number of hydrogen-bond acceptors (Lipinski definition) is 4. The van der Waals surface area contributed by atoms with E-state index in [2.05, 4.69) is 10.0 Å². The van der Waals surface area contributed by atoms with Crippen LogP contribution in [0.1, 0.15) is 6.92 Å². The first-order valence-electron chi connectivity index (χ1n) is 5.91. The van der Waals surface area contributed by atoms with Crippen LogP contribution in [0.5, 0.6) is 0 Å². The van der Waals surface area contributed by atoms with Gasteiger partial charge in [-0.2, -0.15) is 4.72 Å². The van der Waals surface area contributed by atoms with Gasteiger partial charge < -0.3 is 10.1 Å². The Balaban J connectivity index is 2.66. The van der Waals surface area contributed by atoms with Crippen LogP contribution in [-0.4, -0.2) is 40.6 Å². The van der Waals surface area contributed by atoms with Gasteiger partial charge in [-0.25, -0.2) is 12.8 Å². The van der Waals surface area contributed by atoms with Gasteiger partial charge in [-0.3, -0.25) is 4.79 Å². The third-order valence-corrected chi connectivity index (χ3v) is 4.01. The fourth-order valence-corrected chi connectivity index (χ4v) is 2.60. The standard InChI is InChI=1S/C12H17FN2O4S/c1-9(12(16)14-7-8-19-2)15-20(17,18)11-5-3-10(13)4-6-11/h3-6,9,15H,7-8H2,1-2H3,(H,14,16). The minimum absolute atomic E-state index is 0.101. The molecule has 1 rings (SSSR count). The number of methoxy groups -OCH3 is 1. The second-order valence-electron chi connectivity index (χ2n) is 4.08. The Morgan fingerprint density at radius 2 is 1.95 bits per heavy atom. The smallest absolute Gasteiger partial charge is 0.241 e. The Bertz CT molecular complexity index is 545. The van der Waals surface area contributed by atoms with Crippen molar-refractivity contribution in [3.05, 3.63) is 30.1 Å². The summed E-state index contributed by atoms with van der Waals surface area (Å²) in [5.74, 6) is -0.998. The zero-order chi connectivity index (χ0) is 15.2. The van der Waals surface area contributed by atoms with Crippen LogP contribution in [-0.2, 0) is 19.6 Å². The van der Waals surface area contributed by atoms with E-state index in [4.69, 9.17) is 4.74 Å². The zero-order valence-corrected chi connectivity index (χ0v) is 12.0. The molecule has 2 N–H and O–H groups in total. The molecule has 0 bridgehead atoms. The number of ether oxygens (including phenoxy) is 1. The molecule has 1 aromatic carbocycles. The number of halogens is 1. The number of amides is 1. The molecule has 1 unspecified atom stereocenters. The minimum Gasteiger partial charge on any atom is -0.383 e. The van der Waals surface area contributed by atoms with Crippen molar-refractivity contribution in [1.82, 2.24) is 10.0 Å². The summed E-state index contributed by atoms with van der Waals surface area (Å²) in [4.78, 5) is 11.5. The predicted octanol–water partition coefficient (Wildman–Crippen LogP) is 0.255. The lowest BCUT2D eigenvalue weighted by molar-refractivity contribution is -0.122. The number of carbonyl (C=O) groups excluding carboxylic acids is 1. The minimum atomic E-state index is -3.86. The molecular weight excluding hydrogens is 287 g/mol. The lowest BCUT2D eigenvalue weighted by Gasteiger charge is -2.14. The highest BCUT2D eigenvalue weighted by Gasteiger charge is 2.21. The van der Waals surface area contributed by atoms with Crippen molar-refractivity contribution in [3.63, 3.8) is 0 Å². The third-order valence-electron chi connectivity index (χ3n) is 2.45. The van der Waals surface area contributed by atoms with Crippen LogP contribution in [0.25, 0.3) is 0 Å². The van der Waals surface area contributed by atoms with Crippen molar-refractivity contribution in [2.75, 3.05) is 20.3 Å². The second kappa shape index (κ2) is 7.32. The first kappa shape index (κ1) is 16.5. The first-order valence-corrected chi connectivity index (χ1v) is 7.39. The molecule has 1 aromatic rings. The topological polar surface area (TPSA) is 84.5 Å². The fourth-order valence-electron chi connectivity index (χ4n) is 1.40. The van der Waals surface area contributed by atoms with Crippen LogP contribution in [0.15, 0.2) is 29.2 Å². The van der Waals surface area contributed by atoms with Gasteiger partial charge in [-0.15, -0.1) is 0 Å². The van der Waals surface area contributed by atoms with E-state index in [1.54, 1.807) is 0 Å². The van der Waals surface area contributed by atoms with Gasteiger partial charge in [0.2, 0.25) is 15.9 Å². The normalized spacial score (nSPS) is 12.9. The van der Waals surface area contributed by atoms with Gasteiger partial charge >= 0.3 is 0 Å². The number of benzene rings is 1. The van der Waals surface area contributed by atoms with E-state index in [-0.39, 0.29) is 11.4 Å². The van der Waals surface area contributed by atoms with E-state index >= 15 is 0 Å². The lowest BCUT2D eigenvalue weighted by Crippen LogP contribution is -2.45. The van der Waals surface area contributed by atoms with Crippen LogP contribution < -0.4 is 10.0 Å². The molecule has 1 amide bonds. The molecule has 8 heteroatoms. The van der Waals surface area contributed by atoms with E-state index in [0.29, 0.717) is 6.61 Å². The maximum atomic E-state index is 12.7. The summed E-state index contributed by atoms with van der Waals surface area (Å²) in [7, 11) is -2.37. The van der Waals surface area contributed by atoms with Crippen LogP contribution in [0, 0.1) is 5.82 Å². The number of hydrogen-bond donors (Lipinski definition) is 2. The molecule has 0 fully saturated rings. The molecule has 0 saturated carbocycles. The summed E-state index contributed by atoms with van der Waals surface area (Å²) < 4.78 is 43.6. The predicted molar refractivity (Wildman–Crippen MR) is 71.1 cm³/mol.